The molecule has 0 aliphatic heterocycles. The minimum Gasteiger partial charge on any atom is -0.466 e. The standard InChI is InChI=1S/C9H14O5/c1-3-13-8(11)5-7(6-10)9(12)14-4-2/h6-7H,3-5H2,1-2H3/t7-/m0/s1. The molecule has 5 nitrogen and oxygen atoms in total. The lowest BCUT2D eigenvalue weighted by atomic mass is 10.1. The SMILES string of the molecule is CCOC(=O)C[C@@H](C=O)C(=O)OCC. The van der Waals surface area contributed by atoms with E-state index in [1.807, 2.05) is 0 Å². The molecule has 0 saturated heterocycles. The van der Waals surface area contributed by atoms with Crippen LogP contribution in [0, 0.1) is 5.92 Å². The van der Waals surface area contributed by atoms with Crippen molar-refractivity contribution in [1.82, 2.24) is 0 Å². The highest BCUT2D eigenvalue weighted by Gasteiger charge is 2.22. The molecule has 0 N–H and O–H groups in total. The Morgan fingerprint density at radius 1 is 1.21 bits per heavy atom. The van der Waals surface area contributed by atoms with Gasteiger partial charge in [-0.2, -0.15) is 0 Å². The monoisotopic (exact) mass is 202 g/mol. The topological polar surface area (TPSA) is 69.7 Å². The zero-order chi connectivity index (χ0) is 11.0. The van der Waals surface area contributed by atoms with Gasteiger partial charge in [0.25, 0.3) is 0 Å². The Kier molecular flexibility index (Phi) is 6.36. The van der Waals surface area contributed by atoms with Gasteiger partial charge in [-0.3, -0.25) is 9.59 Å². The number of aldehydes is 1. The second-order valence-corrected chi connectivity index (χ2v) is 2.50. The molecule has 0 saturated carbocycles. The average Bonchev–Trinajstić information content (AvgIpc) is 2.15. The van der Waals surface area contributed by atoms with Crippen molar-refractivity contribution >= 4 is 18.2 Å². The van der Waals surface area contributed by atoms with Crippen molar-refractivity contribution in [2.24, 2.45) is 5.92 Å². The molecule has 0 bridgehead atoms. The molecule has 14 heavy (non-hydrogen) atoms. The molecule has 0 fully saturated rings. The molecule has 0 unspecified atom stereocenters. The van der Waals surface area contributed by atoms with Gasteiger partial charge in [0.05, 0.1) is 19.6 Å². The van der Waals surface area contributed by atoms with Crippen LogP contribution in [0.15, 0.2) is 0 Å². The lowest BCUT2D eigenvalue weighted by Gasteiger charge is -2.08. The minimum absolute atomic E-state index is 0.187. The summed E-state index contributed by atoms with van der Waals surface area (Å²) in [5, 5.41) is 0. The van der Waals surface area contributed by atoms with E-state index in [2.05, 4.69) is 9.47 Å². The van der Waals surface area contributed by atoms with E-state index in [1.165, 1.54) is 0 Å². The number of esters is 2. The fourth-order valence-electron chi connectivity index (χ4n) is 0.836. The van der Waals surface area contributed by atoms with Crippen LogP contribution in [0.2, 0.25) is 0 Å². The predicted octanol–water partition coefficient (Wildman–Crippen LogP) is 0.318. The summed E-state index contributed by atoms with van der Waals surface area (Å²) >= 11 is 0. The number of carbonyl (C=O) groups is 3. The average molecular weight is 202 g/mol. The summed E-state index contributed by atoms with van der Waals surface area (Å²) in [6.45, 7) is 3.70. The van der Waals surface area contributed by atoms with E-state index < -0.39 is 17.9 Å². The molecule has 0 aromatic heterocycles. The molecule has 0 rings (SSSR count). The van der Waals surface area contributed by atoms with Crippen molar-refractivity contribution in [3.63, 3.8) is 0 Å². The second-order valence-electron chi connectivity index (χ2n) is 2.50. The number of ether oxygens (including phenoxy) is 2. The molecule has 0 aliphatic rings. The largest absolute Gasteiger partial charge is 0.466 e. The molecule has 0 radical (unpaired) electrons. The van der Waals surface area contributed by atoms with E-state index in [0.29, 0.717) is 6.29 Å². The quantitative estimate of drug-likeness (QED) is 0.352. The van der Waals surface area contributed by atoms with Crippen molar-refractivity contribution in [2.45, 2.75) is 20.3 Å². The van der Waals surface area contributed by atoms with Gasteiger partial charge in [-0.05, 0) is 13.8 Å². The summed E-state index contributed by atoms with van der Waals surface area (Å²) in [5.74, 6) is -2.30. The van der Waals surface area contributed by atoms with E-state index in [0.717, 1.165) is 0 Å². The van der Waals surface area contributed by atoms with E-state index in [9.17, 15) is 14.4 Å². The number of hydrogen-bond donors (Lipinski definition) is 0. The molecule has 5 heteroatoms. The van der Waals surface area contributed by atoms with Gasteiger partial charge < -0.3 is 14.3 Å². The van der Waals surface area contributed by atoms with E-state index in [4.69, 9.17) is 0 Å². The van der Waals surface area contributed by atoms with Gasteiger partial charge in [-0.1, -0.05) is 0 Å². The summed E-state index contributed by atoms with van der Waals surface area (Å²) in [6.07, 6.45) is 0.144. The third-order valence-electron chi connectivity index (χ3n) is 1.45. The molecule has 0 heterocycles. The van der Waals surface area contributed by atoms with Crippen LogP contribution < -0.4 is 0 Å². The second kappa shape index (κ2) is 7.06. The number of rotatable bonds is 6. The maximum absolute atomic E-state index is 11.1. The maximum atomic E-state index is 11.1. The molecule has 0 spiro atoms. The molecule has 0 aliphatic carbocycles. The summed E-state index contributed by atoms with van der Waals surface area (Å²) in [5.41, 5.74) is 0. The van der Waals surface area contributed by atoms with Gasteiger partial charge in [0, 0.05) is 0 Å². The molecule has 0 aromatic rings. The van der Waals surface area contributed by atoms with Crippen LogP contribution in [-0.4, -0.2) is 31.4 Å². The smallest absolute Gasteiger partial charge is 0.316 e. The Balaban J connectivity index is 4.07. The first-order valence-corrected chi connectivity index (χ1v) is 4.43. The van der Waals surface area contributed by atoms with Crippen LogP contribution in [0.25, 0.3) is 0 Å². The Labute approximate surface area is 82.4 Å². The normalized spacial score (nSPS) is 11.6. The van der Waals surface area contributed by atoms with Gasteiger partial charge in [-0.25, -0.2) is 0 Å². The highest BCUT2D eigenvalue weighted by molar-refractivity contribution is 5.91. The van der Waals surface area contributed by atoms with Crippen LogP contribution in [-0.2, 0) is 23.9 Å². The minimum atomic E-state index is -1.05. The third-order valence-corrected chi connectivity index (χ3v) is 1.45. The van der Waals surface area contributed by atoms with E-state index in [-0.39, 0.29) is 19.6 Å². The predicted molar refractivity (Wildman–Crippen MR) is 47.4 cm³/mol. The Hall–Kier alpha value is -1.39. The number of carbonyl (C=O) groups excluding carboxylic acids is 3. The van der Waals surface area contributed by atoms with Crippen LogP contribution in [0.1, 0.15) is 20.3 Å². The fourth-order valence-corrected chi connectivity index (χ4v) is 0.836. The molecular formula is C9H14O5. The summed E-state index contributed by atoms with van der Waals surface area (Å²) in [6, 6.07) is 0. The lowest BCUT2D eigenvalue weighted by Crippen LogP contribution is -2.23. The van der Waals surface area contributed by atoms with Gasteiger partial charge in [0.1, 0.15) is 12.2 Å². The first-order chi connectivity index (χ1) is 6.65. The van der Waals surface area contributed by atoms with E-state index >= 15 is 0 Å². The molecule has 1 atom stereocenters. The van der Waals surface area contributed by atoms with Crippen molar-refractivity contribution in [1.29, 1.82) is 0 Å². The van der Waals surface area contributed by atoms with Crippen LogP contribution in [0.3, 0.4) is 0 Å². The van der Waals surface area contributed by atoms with Gasteiger partial charge >= 0.3 is 11.9 Å². The Morgan fingerprint density at radius 3 is 2.21 bits per heavy atom. The van der Waals surface area contributed by atoms with Crippen LogP contribution in [0.5, 0.6) is 0 Å². The maximum Gasteiger partial charge on any atom is 0.316 e. The first kappa shape index (κ1) is 12.6. The Morgan fingerprint density at radius 2 is 1.79 bits per heavy atom. The first-order valence-electron chi connectivity index (χ1n) is 4.43. The van der Waals surface area contributed by atoms with Crippen molar-refractivity contribution in [3.05, 3.63) is 0 Å². The summed E-state index contributed by atoms with van der Waals surface area (Å²) in [4.78, 5) is 32.4. The van der Waals surface area contributed by atoms with Gasteiger partial charge in [0.15, 0.2) is 0 Å². The Bertz CT molecular complexity index is 211. The lowest BCUT2D eigenvalue weighted by molar-refractivity contribution is -0.155. The van der Waals surface area contributed by atoms with Crippen LogP contribution in [0.4, 0.5) is 0 Å². The zero-order valence-corrected chi connectivity index (χ0v) is 8.32. The van der Waals surface area contributed by atoms with Gasteiger partial charge in [0.2, 0.25) is 0 Å². The molecule has 0 amide bonds. The molecule has 80 valence electrons. The molecule has 0 aromatic carbocycles. The highest BCUT2D eigenvalue weighted by atomic mass is 16.5. The van der Waals surface area contributed by atoms with Crippen LogP contribution >= 0.6 is 0 Å². The molecular weight excluding hydrogens is 188 g/mol. The fraction of sp³-hybridized carbons (Fsp3) is 0.667. The van der Waals surface area contributed by atoms with Crippen molar-refractivity contribution in [3.8, 4) is 0 Å². The van der Waals surface area contributed by atoms with Crippen molar-refractivity contribution in [2.75, 3.05) is 13.2 Å². The van der Waals surface area contributed by atoms with Crippen molar-refractivity contribution < 1.29 is 23.9 Å². The third kappa shape index (κ3) is 4.59. The number of hydrogen-bond acceptors (Lipinski definition) is 5. The summed E-state index contributed by atoms with van der Waals surface area (Å²) < 4.78 is 9.19. The highest BCUT2D eigenvalue weighted by Crippen LogP contribution is 2.04. The zero-order valence-electron chi connectivity index (χ0n) is 8.32. The van der Waals surface area contributed by atoms with Gasteiger partial charge in [-0.15, -0.1) is 0 Å². The summed E-state index contributed by atoms with van der Waals surface area (Å²) in [7, 11) is 0. The van der Waals surface area contributed by atoms with E-state index in [1.54, 1.807) is 13.8 Å².